The summed E-state index contributed by atoms with van der Waals surface area (Å²) in [6.45, 7) is 4.28. The predicted molar refractivity (Wildman–Crippen MR) is 159 cm³/mol. The summed E-state index contributed by atoms with van der Waals surface area (Å²) < 4.78 is 26.9. The van der Waals surface area contributed by atoms with Crippen LogP contribution in [0.5, 0.6) is 0 Å². The number of ether oxygens (including phenoxy) is 1. The summed E-state index contributed by atoms with van der Waals surface area (Å²) >= 11 is 0.973. The number of fused-ring (bicyclic) bond motifs is 6. The Morgan fingerprint density at radius 1 is 1.23 bits per heavy atom. The molecule has 4 aliphatic carbocycles. The minimum absolute atomic E-state index is 0.0262. The molecule has 3 fully saturated rings. The average Bonchev–Trinajstić information content (AvgIpc) is 3.71. The van der Waals surface area contributed by atoms with Gasteiger partial charge in [0.05, 0.1) is 29.9 Å². The highest BCUT2D eigenvalue weighted by molar-refractivity contribution is 8.13. The van der Waals surface area contributed by atoms with Crippen LogP contribution in [-0.4, -0.2) is 43.6 Å². The lowest BCUT2D eigenvalue weighted by Crippen LogP contribution is -2.62. The van der Waals surface area contributed by atoms with E-state index in [1.54, 1.807) is 18.2 Å². The molecule has 0 bridgehead atoms. The molecule has 43 heavy (non-hydrogen) atoms. The normalized spacial score (nSPS) is 34.4. The van der Waals surface area contributed by atoms with Crippen LogP contribution in [0.2, 0.25) is 0 Å². The van der Waals surface area contributed by atoms with Gasteiger partial charge in [-0.15, -0.1) is 0 Å². The third-order valence-corrected chi connectivity index (χ3v) is 11.9. The first-order valence-electron chi connectivity index (χ1n) is 15.0. The van der Waals surface area contributed by atoms with Crippen LogP contribution in [0.15, 0.2) is 58.8 Å². The standard InChI is InChI=1S/C33H36FN3O5S/c1-31-15-19-17-36-37(22-8-6-21(34)7-9-22)25(19)14-20(31)5-10-23-24-11-12-33(30(40)43-18-35,32(24,2)16-26(38)28(23)31)42-29(39)27-4-3-13-41-27/h3-4,6-9,13-14,17,23-24,26,28,38H,5,10-12,15-16,18,35H2,1-2H3/t23-,24?,26-,28?,31-,32-,33-/m0/s1. The second kappa shape index (κ2) is 10.2. The number of aromatic nitrogens is 2. The fourth-order valence-corrected chi connectivity index (χ4v) is 10.1. The molecule has 4 aliphatic rings. The number of halogens is 1. The molecule has 8 nitrogen and oxygen atoms in total. The third-order valence-electron chi connectivity index (χ3n) is 11.1. The molecule has 226 valence electrons. The maximum atomic E-state index is 13.8. The van der Waals surface area contributed by atoms with Gasteiger partial charge in [0.25, 0.3) is 0 Å². The number of thioether (sulfide) groups is 1. The number of hydrogen-bond acceptors (Lipinski definition) is 8. The van der Waals surface area contributed by atoms with Crippen molar-refractivity contribution in [3.63, 3.8) is 0 Å². The van der Waals surface area contributed by atoms with Crippen molar-refractivity contribution in [3.8, 4) is 5.69 Å². The first-order chi connectivity index (χ1) is 20.6. The van der Waals surface area contributed by atoms with Gasteiger partial charge in [0.1, 0.15) is 5.82 Å². The van der Waals surface area contributed by atoms with Crippen LogP contribution in [0.1, 0.15) is 67.8 Å². The van der Waals surface area contributed by atoms with Crippen LogP contribution < -0.4 is 5.73 Å². The molecular weight excluding hydrogens is 569 g/mol. The average molecular weight is 606 g/mol. The van der Waals surface area contributed by atoms with E-state index < -0.39 is 23.1 Å². The van der Waals surface area contributed by atoms with Crippen LogP contribution in [0.4, 0.5) is 4.39 Å². The number of nitrogens with zero attached hydrogens (tertiary/aromatic N) is 2. The van der Waals surface area contributed by atoms with Gasteiger partial charge in [0.15, 0.2) is 5.60 Å². The molecule has 0 aliphatic heterocycles. The van der Waals surface area contributed by atoms with Crippen molar-refractivity contribution in [2.75, 3.05) is 5.88 Å². The number of nitrogens with two attached hydrogens (primary N) is 1. The third kappa shape index (κ3) is 4.13. The largest absolute Gasteiger partial charge is 0.457 e. The monoisotopic (exact) mass is 605 g/mol. The second-order valence-corrected chi connectivity index (χ2v) is 14.1. The van der Waals surface area contributed by atoms with Gasteiger partial charge in [0.2, 0.25) is 10.9 Å². The molecule has 0 spiro atoms. The molecule has 7 atom stereocenters. The summed E-state index contributed by atoms with van der Waals surface area (Å²) in [5, 5.41) is 16.5. The van der Waals surface area contributed by atoms with Gasteiger partial charge in [0, 0.05) is 11.3 Å². The van der Waals surface area contributed by atoms with Crippen LogP contribution in [0, 0.1) is 34.4 Å². The summed E-state index contributed by atoms with van der Waals surface area (Å²) in [6.07, 6.45) is 8.70. The minimum atomic E-state index is -1.41. The lowest BCUT2D eigenvalue weighted by molar-refractivity contribution is -0.175. The molecule has 0 saturated heterocycles. The number of aliphatic hydroxyl groups excluding tert-OH is 1. The fraction of sp³-hybridized carbons (Fsp3) is 0.485. The quantitative estimate of drug-likeness (QED) is 0.288. The number of esters is 1. The van der Waals surface area contributed by atoms with Gasteiger partial charge in [-0.2, -0.15) is 5.10 Å². The Labute approximate surface area is 253 Å². The Morgan fingerprint density at radius 2 is 2.02 bits per heavy atom. The van der Waals surface area contributed by atoms with Gasteiger partial charge in [-0.25, -0.2) is 13.9 Å². The van der Waals surface area contributed by atoms with Gasteiger partial charge in [-0.1, -0.05) is 31.2 Å². The molecule has 2 aromatic heterocycles. The van der Waals surface area contributed by atoms with Gasteiger partial charge >= 0.3 is 5.97 Å². The molecule has 3 aromatic rings. The molecule has 0 radical (unpaired) electrons. The molecule has 1 aromatic carbocycles. The Kier molecular flexibility index (Phi) is 6.76. The first-order valence-corrected chi connectivity index (χ1v) is 16.0. The van der Waals surface area contributed by atoms with Crippen molar-refractivity contribution < 1.29 is 28.2 Å². The van der Waals surface area contributed by atoms with E-state index in [1.165, 1.54) is 30.0 Å². The zero-order valence-corrected chi connectivity index (χ0v) is 25.1. The van der Waals surface area contributed by atoms with Crippen LogP contribution in [0.25, 0.3) is 11.8 Å². The smallest absolute Gasteiger partial charge is 0.375 e. The maximum absolute atomic E-state index is 13.8. The molecular formula is C33H36FN3O5S. The fourth-order valence-electron chi connectivity index (χ4n) is 9.30. The van der Waals surface area contributed by atoms with E-state index in [0.29, 0.717) is 12.8 Å². The van der Waals surface area contributed by atoms with E-state index in [-0.39, 0.29) is 45.7 Å². The first kappa shape index (κ1) is 28.6. The van der Waals surface area contributed by atoms with Crippen molar-refractivity contribution in [2.45, 2.75) is 64.1 Å². The van der Waals surface area contributed by atoms with Crippen LogP contribution >= 0.6 is 11.8 Å². The van der Waals surface area contributed by atoms with E-state index in [0.717, 1.165) is 54.4 Å². The summed E-state index contributed by atoms with van der Waals surface area (Å²) in [6, 6.07) is 9.48. The zero-order chi connectivity index (χ0) is 30.1. The highest BCUT2D eigenvalue weighted by Gasteiger charge is 2.70. The van der Waals surface area contributed by atoms with Crippen molar-refractivity contribution in [1.29, 1.82) is 0 Å². The summed E-state index contributed by atoms with van der Waals surface area (Å²) in [5.74, 6) is -0.643. The van der Waals surface area contributed by atoms with Gasteiger partial charge in [-0.05, 0) is 110 Å². The molecule has 10 heteroatoms. The molecule has 0 amide bonds. The van der Waals surface area contributed by atoms with E-state index in [2.05, 4.69) is 18.1 Å². The summed E-state index contributed by atoms with van der Waals surface area (Å²) in [4.78, 5) is 27.0. The van der Waals surface area contributed by atoms with Crippen LogP contribution in [0.3, 0.4) is 0 Å². The number of carbonyl (C=O) groups excluding carboxylic acids is 2. The number of hydrogen-bond donors (Lipinski definition) is 2. The highest BCUT2D eigenvalue weighted by Crippen LogP contribution is 2.69. The molecule has 2 unspecified atom stereocenters. The van der Waals surface area contributed by atoms with Crippen molar-refractivity contribution in [3.05, 3.63) is 77.3 Å². The van der Waals surface area contributed by atoms with Gasteiger partial charge in [-0.3, -0.25) is 4.79 Å². The number of rotatable bonds is 5. The second-order valence-electron chi connectivity index (χ2n) is 13.1. The van der Waals surface area contributed by atoms with E-state index in [1.807, 2.05) is 17.8 Å². The van der Waals surface area contributed by atoms with Crippen molar-refractivity contribution in [2.24, 2.45) is 34.3 Å². The number of allylic oxidation sites excluding steroid dienone is 1. The Morgan fingerprint density at radius 3 is 2.74 bits per heavy atom. The van der Waals surface area contributed by atoms with E-state index >= 15 is 0 Å². The van der Waals surface area contributed by atoms with Gasteiger partial charge < -0.3 is 20.0 Å². The zero-order valence-electron chi connectivity index (χ0n) is 24.3. The SMILES string of the molecule is C[C@]12Cc3cnn(-c4ccc(F)cc4)c3C=C1CC[C@@H]1C2[C@@H](O)C[C@@]2(C)C1CC[C@]2(OC(=O)c1ccco1)C(=O)SCN. The topological polar surface area (TPSA) is 121 Å². The summed E-state index contributed by atoms with van der Waals surface area (Å²) in [5.41, 5.74) is 7.53. The minimum Gasteiger partial charge on any atom is -0.457 e. The molecule has 2 heterocycles. The lowest BCUT2D eigenvalue weighted by atomic mass is 9.45. The molecule has 3 N–H and O–H groups in total. The number of carbonyl (C=O) groups is 2. The highest BCUT2D eigenvalue weighted by atomic mass is 32.2. The Hall–Kier alpha value is -3.21. The predicted octanol–water partition coefficient (Wildman–Crippen LogP) is 5.53. The molecule has 3 saturated carbocycles. The Bertz CT molecular complexity index is 1600. The lowest BCUT2D eigenvalue weighted by Gasteiger charge is -2.60. The Balaban J connectivity index is 1.23. The molecule has 7 rings (SSSR count). The number of benzene rings is 1. The van der Waals surface area contributed by atoms with E-state index in [4.69, 9.17) is 14.9 Å². The van der Waals surface area contributed by atoms with E-state index in [9.17, 15) is 19.1 Å². The maximum Gasteiger partial charge on any atom is 0.375 e. The number of furan rings is 1. The van der Waals surface area contributed by atoms with Crippen molar-refractivity contribution in [1.82, 2.24) is 9.78 Å². The summed E-state index contributed by atoms with van der Waals surface area (Å²) in [7, 11) is 0. The van der Waals surface area contributed by atoms with Crippen molar-refractivity contribution >= 4 is 28.9 Å². The number of aliphatic hydroxyl groups is 1. The van der Waals surface area contributed by atoms with Crippen LogP contribution in [-0.2, 0) is 16.0 Å².